The third-order valence-electron chi connectivity index (χ3n) is 8.07. The molecule has 0 radical (unpaired) electrons. The highest BCUT2D eigenvalue weighted by Gasteiger charge is 2.39. The van der Waals surface area contributed by atoms with E-state index in [0.717, 1.165) is 49.7 Å². The van der Waals surface area contributed by atoms with Gasteiger partial charge in [-0.05, 0) is 47.0 Å². The predicted molar refractivity (Wildman–Crippen MR) is 165 cm³/mol. The van der Waals surface area contributed by atoms with E-state index in [-0.39, 0.29) is 5.91 Å². The first-order chi connectivity index (χ1) is 20.7. The fourth-order valence-electron chi connectivity index (χ4n) is 6.14. The zero-order valence-electron chi connectivity index (χ0n) is 22.4. The number of fused-ring (bicyclic) bond motifs is 4. The normalized spacial score (nSPS) is 14.5. The molecule has 1 unspecified atom stereocenters. The van der Waals surface area contributed by atoms with Gasteiger partial charge in [0.2, 0.25) is 0 Å². The van der Waals surface area contributed by atoms with Crippen molar-refractivity contribution in [3.63, 3.8) is 0 Å². The Morgan fingerprint density at radius 1 is 0.619 bits per heavy atom. The number of amides is 1. The highest BCUT2D eigenvalue weighted by Crippen LogP contribution is 2.42. The molecule has 0 saturated heterocycles. The van der Waals surface area contributed by atoms with Gasteiger partial charge in [-0.25, -0.2) is 9.97 Å². The molecule has 1 atom stereocenters. The van der Waals surface area contributed by atoms with Crippen molar-refractivity contribution >= 4 is 33.4 Å². The molecule has 8 rings (SSSR count). The minimum atomic E-state index is -1.11. The number of hydrogen-bond acceptors (Lipinski definition) is 4. The Kier molecular flexibility index (Phi) is 5.48. The van der Waals surface area contributed by atoms with Crippen LogP contribution in [0.25, 0.3) is 49.7 Å². The molecule has 3 heterocycles. The van der Waals surface area contributed by atoms with Crippen LogP contribution in [0.2, 0.25) is 0 Å². The zero-order chi connectivity index (χ0) is 28.2. The van der Waals surface area contributed by atoms with Crippen LogP contribution in [0.1, 0.15) is 22.1 Å². The molecule has 1 N–H and O–H groups in total. The van der Waals surface area contributed by atoms with E-state index in [1.807, 2.05) is 84.9 Å². The average molecular weight is 545 g/mol. The standard InChI is InChI=1S/C36H24N4O2/c41-35-30-13-7-15-32(34(30)36(42)39(35)27-11-6-10-24(18-27)23-8-2-1-3-9-23)40-31-14-5-4-12-28(31)29-17-16-25(19-33(29)40)26-20-37-22-38-21-26/h1-22,35,41H. The third kappa shape index (κ3) is 3.66. The van der Waals surface area contributed by atoms with Gasteiger partial charge in [0.05, 0.1) is 22.3 Å². The van der Waals surface area contributed by atoms with Gasteiger partial charge in [0.25, 0.3) is 5.91 Å². The summed E-state index contributed by atoms with van der Waals surface area (Å²) in [5.74, 6) is -0.239. The second-order valence-electron chi connectivity index (χ2n) is 10.4. The maximum atomic E-state index is 14.3. The Hall–Kier alpha value is -5.59. The van der Waals surface area contributed by atoms with E-state index in [1.165, 1.54) is 11.2 Å². The first kappa shape index (κ1) is 24.2. The van der Waals surface area contributed by atoms with Gasteiger partial charge in [-0.15, -0.1) is 0 Å². The van der Waals surface area contributed by atoms with E-state index < -0.39 is 6.23 Å². The Labute approximate surface area is 241 Å². The minimum Gasteiger partial charge on any atom is -0.369 e. The highest BCUT2D eigenvalue weighted by molar-refractivity contribution is 6.16. The van der Waals surface area contributed by atoms with Crippen LogP contribution >= 0.6 is 0 Å². The number of aliphatic hydroxyl groups is 1. The number of benzene rings is 5. The fourth-order valence-corrected chi connectivity index (χ4v) is 6.14. The van der Waals surface area contributed by atoms with E-state index in [1.54, 1.807) is 12.4 Å². The molecular formula is C36H24N4O2. The molecule has 2 aromatic heterocycles. The van der Waals surface area contributed by atoms with Gasteiger partial charge < -0.3 is 9.67 Å². The SMILES string of the molecule is O=C1c2c(cccc2-n2c3ccccc3c3ccc(-c4cncnc4)cc32)C(O)N1c1cccc(-c2ccccc2)c1. The highest BCUT2D eigenvalue weighted by atomic mass is 16.3. The molecule has 0 spiro atoms. The molecule has 42 heavy (non-hydrogen) atoms. The molecule has 6 nitrogen and oxygen atoms in total. The monoisotopic (exact) mass is 544 g/mol. The minimum absolute atomic E-state index is 0.239. The number of carbonyl (C=O) groups excluding carboxylic acids is 1. The average Bonchev–Trinajstić information content (AvgIpc) is 3.52. The van der Waals surface area contributed by atoms with Gasteiger partial charge in [0, 0.05) is 40.0 Å². The maximum Gasteiger partial charge on any atom is 0.263 e. The van der Waals surface area contributed by atoms with E-state index >= 15 is 0 Å². The van der Waals surface area contributed by atoms with E-state index in [0.29, 0.717) is 16.8 Å². The molecule has 5 aromatic carbocycles. The molecule has 0 fully saturated rings. The van der Waals surface area contributed by atoms with Crippen molar-refractivity contribution in [2.24, 2.45) is 0 Å². The lowest BCUT2D eigenvalue weighted by Crippen LogP contribution is -2.27. The number of para-hydroxylation sites is 1. The summed E-state index contributed by atoms with van der Waals surface area (Å²) >= 11 is 0. The van der Waals surface area contributed by atoms with Gasteiger partial charge in [0.15, 0.2) is 6.23 Å². The summed E-state index contributed by atoms with van der Waals surface area (Å²) in [7, 11) is 0. The second kappa shape index (κ2) is 9.51. The lowest BCUT2D eigenvalue weighted by Gasteiger charge is -2.21. The zero-order valence-corrected chi connectivity index (χ0v) is 22.4. The van der Waals surface area contributed by atoms with Crippen molar-refractivity contribution in [2.45, 2.75) is 6.23 Å². The van der Waals surface area contributed by atoms with Crippen molar-refractivity contribution in [1.29, 1.82) is 0 Å². The van der Waals surface area contributed by atoms with Gasteiger partial charge in [-0.1, -0.05) is 84.9 Å². The first-order valence-electron chi connectivity index (χ1n) is 13.8. The summed E-state index contributed by atoms with van der Waals surface area (Å²) in [6.45, 7) is 0. The number of rotatable bonds is 4. The quantitative estimate of drug-likeness (QED) is 0.248. The number of carbonyl (C=O) groups is 1. The molecule has 6 heteroatoms. The number of hydrogen-bond donors (Lipinski definition) is 1. The lowest BCUT2D eigenvalue weighted by molar-refractivity contribution is 0.0935. The third-order valence-corrected chi connectivity index (χ3v) is 8.07. The summed E-state index contributed by atoms with van der Waals surface area (Å²) in [5.41, 5.74) is 8.29. The van der Waals surface area contributed by atoms with Crippen LogP contribution in [0.15, 0.2) is 134 Å². The van der Waals surface area contributed by atoms with Crippen molar-refractivity contribution in [3.8, 4) is 27.9 Å². The first-order valence-corrected chi connectivity index (χ1v) is 13.8. The van der Waals surface area contributed by atoms with Crippen LogP contribution in [-0.2, 0) is 0 Å². The summed E-state index contributed by atoms with van der Waals surface area (Å²) < 4.78 is 2.13. The van der Waals surface area contributed by atoms with Gasteiger partial charge >= 0.3 is 0 Å². The smallest absolute Gasteiger partial charge is 0.263 e. The molecule has 7 aromatic rings. The number of anilines is 1. The van der Waals surface area contributed by atoms with Crippen molar-refractivity contribution in [2.75, 3.05) is 4.90 Å². The van der Waals surface area contributed by atoms with E-state index in [4.69, 9.17) is 0 Å². The molecule has 200 valence electrons. The summed E-state index contributed by atoms with van der Waals surface area (Å²) in [6, 6.07) is 38.0. The topological polar surface area (TPSA) is 71.2 Å². The Bertz CT molecular complexity index is 2140. The molecular weight excluding hydrogens is 520 g/mol. The van der Waals surface area contributed by atoms with Gasteiger partial charge in [0.1, 0.15) is 6.33 Å². The largest absolute Gasteiger partial charge is 0.369 e. The second-order valence-corrected chi connectivity index (χ2v) is 10.4. The molecule has 0 bridgehead atoms. The van der Waals surface area contributed by atoms with Crippen molar-refractivity contribution in [3.05, 3.63) is 145 Å². The summed E-state index contributed by atoms with van der Waals surface area (Å²) in [4.78, 5) is 24.1. The number of nitrogens with zero attached hydrogens (tertiary/aromatic N) is 4. The van der Waals surface area contributed by atoms with E-state index in [9.17, 15) is 9.90 Å². The van der Waals surface area contributed by atoms with Crippen LogP contribution < -0.4 is 4.90 Å². The Morgan fingerprint density at radius 2 is 1.33 bits per heavy atom. The summed E-state index contributed by atoms with van der Waals surface area (Å²) in [6.07, 6.45) is 4.00. The molecule has 0 aliphatic carbocycles. The molecule has 1 amide bonds. The van der Waals surface area contributed by atoms with Crippen LogP contribution in [0.4, 0.5) is 5.69 Å². The lowest BCUT2D eigenvalue weighted by atomic mass is 10.0. The molecule has 0 saturated carbocycles. The van der Waals surface area contributed by atoms with Crippen molar-refractivity contribution in [1.82, 2.24) is 14.5 Å². The predicted octanol–water partition coefficient (Wildman–Crippen LogP) is 7.56. The maximum absolute atomic E-state index is 14.3. The van der Waals surface area contributed by atoms with Gasteiger partial charge in [-0.2, -0.15) is 0 Å². The van der Waals surface area contributed by atoms with Crippen LogP contribution in [0.3, 0.4) is 0 Å². The van der Waals surface area contributed by atoms with Crippen LogP contribution in [0, 0.1) is 0 Å². The summed E-state index contributed by atoms with van der Waals surface area (Å²) in [5, 5.41) is 13.7. The fraction of sp³-hybridized carbons (Fsp3) is 0.0278. The van der Waals surface area contributed by atoms with Crippen LogP contribution in [0.5, 0.6) is 0 Å². The van der Waals surface area contributed by atoms with Gasteiger partial charge in [-0.3, -0.25) is 9.69 Å². The number of aliphatic hydroxyl groups excluding tert-OH is 1. The Morgan fingerprint density at radius 3 is 2.19 bits per heavy atom. The van der Waals surface area contributed by atoms with Crippen molar-refractivity contribution < 1.29 is 9.90 Å². The number of aromatic nitrogens is 3. The Balaban J connectivity index is 1.32. The van der Waals surface area contributed by atoms with E-state index in [2.05, 4.69) is 44.9 Å². The molecule has 1 aliphatic heterocycles. The molecule has 1 aliphatic rings. The van der Waals surface area contributed by atoms with Crippen LogP contribution in [-0.4, -0.2) is 25.5 Å².